The zero-order chi connectivity index (χ0) is 14.1. The Morgan fingerprint density at radius 1 is 1.25 bits per heavy atom. The summed E-state index contributed by atoms with van der Waals surface area (Å²) in [4.78, 5) is 6.58. The molecule has 5 heteroatoms. The molecule has 0 amide bonds. The molecule has 1 aliphatic heterocycles. The zero-order valence-electron chi connectivity index (χ0n) is 11.7. The van der Waals surface area contributed by atoms with E-state index in [2.05, 4.69) is 9.88 Å². The van der Waals surface area contributed by atoms with E-state index in [9.17, 15) is 5.11 Å². The van der Waals surface area contributed by atoms with Gasteiger partial charge in [-0.15, -0.1) is 0 Å². The summed E-state index contributed by atoms with van der Waals surface area (Å²) in [5, 5.41) is 11.8. The Balaban J connectivity index is 2.13. The summed E-state index contributed by atoms with van der Waals surface area (Å²) in [6.07, 6.45) is 2.30. The lowest BCUT2D eigenvalue weighted by molar-refractivity contribution is 0.198. The van der Waals surface area contributed by atoms with Crippen molar-refractivity contribution in [2.75, 3.05) is 32.2 Å². The number of aliphatic hydroxyl groups is 1. The van der Waals surface area contributed by atoms with Gasteiger partial charge in [0.25, 0.3) is 0 Å². The van der Waals surface area contributed by atoms with Gasteiger partial charge in [-0.3, -0.25) is 0 Å². The number of aromatic nitrogens is 1. The second kappa shape index (κ2) is 5.17. The normalized spacial score (nSPS) is 18.6. The summed E-state index contributed by atoms with van der Waals surface area (Å²) in [6, 6.07) is 5.85. The summed E-state index contributed by atoms with van der Waals surface area (Å²) in [5.41, 5.74) is 0. The molecule has 1 unspecified atom stereocenters. The molecule has 1 aliphatic rings. The molecule has 3 rings (SSSR count). The van der Waals surface area contributed by atoms with Gasteiger partial charge in [0.1, 0.15) is 5.82 Å². The molecular formula is C15H18N2O3. The maximum Gasteiger partial charge on any atom is 0.161 e. The highest BCUT2D eigenvalue weighted by molar-refractivity contribution is 5.94. The van der Waals surface area contributed by atoms with Crippen molar-refractivity contribution in [1.29, 1.82) is 0 Å². The average molecular weight is 274 g/mol. The smallest absolute Gasteiger partial charge is 0.161 e. The van der Waals surface area contributed by atoms with Gasteiger partial charge in [-0.2, -0.15) is 0 Å². The standard InChI is InChI=1S/C15H18N2O3/c1-19-13-7-10-3-5-16-15(12(10)8-14(13)20-2)17-6-4-11(18)9-17/h3,5,7-8,11,18H,4,6,9H2,1-2H3. The highest BCUT2D eigenvalue weighted by Gasteiger charge is 2.23. The lowest BCUT2D eigenvalue weighted by atomic mass is 10.1. The minimum Gasteiger partial charge on any atom is -0.493 e. The van der Waals surface area contributed by atoms with Crippen LogP contribution in [-0.2, 0) is 0 Å². The van der Waals surface area contributed by atoms with Crippen LogP contribution in [0.2, 0.25) is 0 Å². The van der Waals surface area contributed by atoms with E-state index in [1.54, 1.807) is 20.4 Å². The summed E-state index contributed by atoms with van der Waals surface area (Å²) in [6.45, 7) is 1.45. The molecule has 1 atom stereocenters. The predicted octanol–water partition coefficient (Wildman–Crippen LogP) is 1.82. The minimum absolute atomic E-state index is 0.271. The van der Waals surface area contributed by atoms with Crippen molar-refractivity contribution in [3.63, 3.8) is 0 Å². The Labute approximate surface area is 117 Å². The fourth-order valence-corrected chi connectivity index (χ4v) is 2.67. The number of fused-ring (bicyclic) bond motifs is 1. The topological polar surface area (TPSA) is 54.8 Å². The van der Waals surface area contributed by atoms with Crippen LogP contribution in [0.4, 0.5) is 5.82 Å². The van der Waals surface area contributed by atoms with Crippen LogP contribution < -0.4 is 14.4 Å². The maximum atomic E-state index is 9.70. The number of anilines is 1. The van der Waals surface area contributed by atoms with Gasteiger partial charge in [0.2, 0.25) is 0 Å². The third-order valence-electron chi connectivity index (χ3n) is 3.71. The summed E-state index contributed by atoms with van der Waals surface area (Å²) < 4.78 is 10.7. The van der Waals surface area contributed by atoms with Crippen LogP contribution in [0.15, 0.2) is 24.4 Å². The summed E-state index contributed by atoms with van der Waals surface area (Å²) in [5.74, 6) is 2.28. The van der Waals surface area contributed by atoms with Gasteiger partial charge in [-0.1, -0.05) is 0 Å². The van der Waals surface area contributed by atoms with E-state index >= 15 is 0 Å². The first-order valence-corrected chi connectivity index (χ1v) is 6.66. The van der Waals surface area contributed by atoms with Gasteiger partial charge in [0.15, 0.2) is 11.5 Å². The van der Waals surface area contributed by atoms with E-state index < -0.39 is 0 Å². The molecule has 1 N–H and O–H groups in total. The molecule has 106 valence electrons. The number of hydrogen-bond donors (Lipinski definition) is 1. The SMILES string of the molecule is COc1cc2ccnc(N3CCC(O)C3)c2cc1OC. The number of β-amino-alcohol motifs (C(OH)–C–C–N with tert-alkyl or cyclic N) is 1. The predicted molar refractivity (Wildman–Crippen MR) is 77.7 cm³/mol. The molecule has 0 radical (unpaired) electrons. The van der Waals surface area contributed by atoms with E-state index in [0.29, 0.717) is 18.0 Å². The van der Waals surface area contributed by atoms with Crippen LogP contribution in [0.3, 0.4) is 0 Å². The number of nitrogens with zero attached hydrogens (tertiary/aromatic N) is 2. The second-order valence-corrected chi connectivity index (χ2v) is 4.95. The van der Waals surface area contributed by atoms with E-state index in [1.165, 1.54) is 0 Å². The van der Waals surface area contributed by atoms with Gasteiger partial charge in [0.05, 0.1) is 20.3 Å². The van der Waals surface area contributed by atoms with Crippen molar-refractivity contribution in [1.82, 2.24) is 4.98 Å². The molecule has 1 fully saturated rings. The second-order valence-electron chi connectivity index (χ2n) is 4.95. The van der Waals surface area contributed by atoms with Gasteiger partial charge >= 0.3 is 0 Å². The Hall–Kier alpha value is -2.01. The van der Waals surface area contributed by atoms with Crippen molar-refractivity contribution < 1.29 is 14.6 Å². The van der Waals surface area contributed by atoms with Crippen LogP contribution in [0.1, 0.15) is 6.42 Å². The minimum atomic E-state index is -0.271. The van der Waals surface area contributed by atoms with E-state index in [1.807, 2.05) is 18.2 Å². The lowest BCUT2D eigenvalue weighted by Gasteiger charge is -2.19. The molecule has 1 aromatic heterocycles. The monoisotopic (exact) mass is 274 g/mol. The van der Waals surface area contributed by atoms with Crippen molar-refractivity contribution in [3.8, 4) is 11.5 Å². The van der Waals surface area contributed by atoms with Crippen molar-refractivity contribution >= 4 is 16.6 Å². The largest absolute Gasteiger partial charge is 0.493 e. The Bertz CT molecular complexity index is 630. The van der Waals surface area contributed by atoms with Gasteiger partial charge < -0.3 is 19.5 Å². The first-order chi connectivity index (χ1) is 9.72. The molecule has 2 aromatic rings. The molecule has 2 heterocycles. The maximum absolute atomic E-state index is 9.70. The van der Waals surface area contributed by atoms with Crippen LogP contribution in [0, 0.1) is 0 Å². The number of benzene rings is 1. The van der Waals surface area contributed by atoms with Crippen LogP contribution in [0.5, 0.6) is 11.5 Å². The quantitative estimate of drug-likeness (QED) is 0.925. The fourth-order valence-electron chi connectivity index (χ4n) is 2.67. The summed E-state index contributed by atoms with van der Waals surface area (Å²) in [7, 11) is 3.25. The van der Waals surface area contributed by atoms with E-state index in [-0.39, 0.29) is 6.10 Å². The fraction of sp³-hybridized carbons (Fsp3) is 0.400. The molecule has 5 nitrogen and oxygen atoms in total. The molecule has 1 aromatic carbocycles. The van der Waals surface area contributed by atoms with Gasteiger partial charge in [0, 0.05) is 24.7 Å². The Kier molecular flexibility index (Phi) is 3.36. The van der Waals surface area contributed by atoms with Crippen LogP contribution >= 0.6 is 0 Å². The third kappa shape index (κ3) is 2.14. The van der Waals surface area contributed by atoms with Gasteiger partial charge in [-0.05, 0) is 30.0 Å². The zero-order valence-corrected chi connectivity index (χ0v) is 11.7. The van der Waals surface area contributed by atoms with Crippen LogP contribution in [0.25, 0.3) is 10.8 Å². The molecule has 0 bridgehead atoms. The van der Waals surface area contributed by atoms with E-state index in [0.717, 1.165) is 29.6 Å². The number of pyridine rings is 1. The molecular weight excluding hydrogens is 256 g/mol. The van der Waals surface area contributed by atoms with Gasteiger partial charge in [-0.25, -0.2) is 4.98 Å². The molecule has 0 saturated carbocycles. The third-order valence-corrected chi connectivity index (χ3v) is 3.71. The van der Waals surface area contributed by atoms with Crippen LogP contribution in [-0.4, -0.2) is 43.5 Å². The molecule has 0 spiro atoms. The highest BCUT2D eigenvalue weighted by Crippen LogP contribution is 2.36. The number of ether oxygens (including phenoxy) is 2. The van der Waals surface area contributed by atoms with Crippen molar-refractivity contribution in [2.24, 2.45) is 0 Å². The average Bonchev–Trinajstić information content (AvgIpc) is 2.91. The first kappa shape index (κ1) is 13.0. The first-order valence-electron chi connectivity index (χ1n) is 6.66. The number of rotatable bonds is 3. The summed E-state index contributed by atoms with van der Waals surface area (Å²) >= 11 is 0. The lowest BCUT2D eigenvalue weighted by Crippen LogP contribution is -2.22. The number of methoxy groups -OCH3 is 2. The van der Waals surface area contributed by atoms with Crippen molar-refractivity contribution in [2.45, 2.75) is 12.5 Å². The molecule has 20 heavy (non-hydrogen) atoms. The molecule has 1 saturated heterocycles. The molecule has 0 aliphatic carbocycles. The highest BCUT2D eigenvalue weighted by atomic mass is 16.5. The number of aliphatic hydroxyl groups excluding tert-OH is 1. The Morgan fingerprint density at radius 2 is 2.00 bits per heavy atom. The Morgan fingerprint density at radius 3 is 2.65 bits per heavy atom. The number of hydrogen-bond acceptors (Lipinski definition) is 5. The van der Waals surface area contributed by atoms with Crippen molar-refractivity contribution in [3.05, 3.63) is 24.4 Å². The van der Waals surface area contributed by atoms with E-state index in [4.69, 9.17) is 9.47 Å².